The van der Waals surface area contributed by atoms with Gasteiger partial charge in [0.2, 0.25) is 5.88 Å². The maximum Gasteiger partial charge on any atom is 0.335 e. The number of rotatable bonds is 4. The van der Waals surface area contributed by atoms with Crippen molar-refractivity contribution >= 4 is 28.6 Å². The van der Waals surface area contributed by atoms with Crippen LogP contribution in [0.25, 0.3) is 16.7 Å². The maximum absolute atomic E-state index is 12.5. The molecule has 2 aromatic heterocycles. The van der Waals surface area contributed by atoms with Gasteiger partial charge in [0.25, 0.3) is 11.2 Å². The molecule has 0 atom stereocenters. The molecule has 4 aromatic rings. The number of benzene rings is 2. The highest BCUT2D eigenvalue weighted by Crippen LogP contribution is 2.32. The molecule has 0 amide bonds. The van der Waals surface area contributed by atoms with Gasteiger partial charge in [0.15, 0.2) is 0 Å². The lowest BCUT2D eigenvalue weighted by Gasteiger charge is -2.12. The first-order valence-electron chi connectivity index (χ1n) is 10.0. The number of nitro benzene ring substituents is 1. The number of aromatic amines is 1. The Bertz CT molecular complexity index is 1700. The standard InChI is InChI=1S/C22H20N6O6/c1-11-5-6-15(12(2)7-11)27-20(30)13(19(29)24-21(27)31)10-23-14-8-17-18(9-16(14)28(33)34)26(4)22(32)25(17)3/h5-10,30H,1-4H3,(H,24,29,31). The molecule has 2 N–H and O–H groups in total. The number of fused-ring (bicyclic) bond motifs is 1. The molecule has 0 saturated heterocycles. The fourth-order valence-corrected chi connectivity index (χ4v) is 3.84. The summed E-state index contributed by atoms with van der Waals surface area (Å²) in [5, 5.41) is 22.4. The topological polar surface area (TPSA) is 158 Å². The van der Waals surface area contributed by atoms with Crippen LogP contribution in [0.1, 0.15) is 16.7 Å². The fraction of sp³-hybridized carbons (Fsp3) is 0.182. The molecule has 12 heteroatoms. The van der Waals surface area contributed by atoms with Crippen molar-refractivity contribution in [3.8, 4) is 11.6 Å². The van der Waals surface area contributed by atoms with E-state index in [0.717, 1.165) is 16.3 Å². The van der Waals surface area contributed by atoms with Crippen molar-refractivity contribution in [3.05, 3.63) is 88.5 Å². The molecule has 34 heavy (non-hydrogen) atoms. The summed E-state index contributed by atoms with van der Waals surface area (Å²) in [6, 6.07) is 7.74. The normalized spacial score (nSPS) is 11.5. The van der Waals surface area contributed by atoms with Crippen molar-refractivity contribution in [3.63, 3.8) is 0 Å². The molecule has 174 valence electrons. The van der Waals surface area contributed by atoms with Gasteiger partial charge in [-0.05, 0) is 31.5 Å². The number of nitrogens with one attached hydrogen (secondary N) is 1. The van der Waals surface area contributed by atoms with Crippen molar-refractivity contribution in [1.82, 2.24) is 18.7 Å². The van der Waals surface area contributed by atoms with Crippen LogP contribution in [0, 0.1) is 24.0 Å². The third kappa shape index (κ3) is 3.50. The van der Waals surface area contributed by atoms with Crippen LogP contribution >= 0.6 is 0 Å². The Labute approximate surface area is 190 Å². The number of aryl methyl sites for hydroxylation is 4. The average molecular weight is 464 g/mol. The molecule has 0 radical (unpaired) electrons. The van der Waals surface area contributed by atoms with Gasteiger partial charge in [-0.3, -0.25) is 29.0 Å². The van der Waals surface area contributed by atoms with Gasteiger partial charge in [-0.15, -0.1) is 0 Å². The molecule has 2 heterocycles. The first-order valence-corrected chi connectivity index (χ1v) is 10.0. The minimum Gasteiger partial charge on any atom is -0.493 e. The number of aromatic hydroxyl groups is 1. The molecule has 0 spiro atoms. The van der Waals surface area contributed by atoms with E-state index in [-0.39, 0.29) is 16.9 Å². The van der Waals surface area contributed by atoms with Gasteiger partial charge in [0, 0.05) is 26.4 Å². The first kappa shape index (κ1) is 22.5. The highest BCUT2D eigenvalue weighted by atomic mass is 16.6. The minimum absolute atomic E-state index is 0.137. The molecule has 0 unspecified atom stereocenters. The second-order valence-electron chi connectivity index (χ2n) is 7.87. The summed E-state index contributed by atoms with van der Waals surface area (Å²) < 4.78 is 3.50. The summed E-state index contributed by atoms with van der Waals surface area (Å²) >= 11 is 0. The lowest BCUT2D eigenvalue weighted by molar-refractivity contribution is -0.383. The Balaban J connectivity index is 1.93. The van der Waals surface area contributed by atoms with Crippen LogP contribution in [0.3, 0.4) is 0 Å². The number of nitrogens with zero attached hydrogens (tertiary/aromatic N) is 5. The molecule has 4 rings (SSSR count). The second kappa shape index (κ2) is 7.99. The van der Waals surface area contributed by atoms with E-state index >= 15 is 0 Å². The number of hydrogen-bond acceptors (Lipinski definition) is 7. The number of H-pyrrole nitrogens is 1. The SMILES string of the molecule is Cc1ccc(-n2c(O)c(C=Nc3cc4c(cc3[N+](=O)[O-])n(C)c(=O)n4C)c(=O)[nH]c2=O)c(C)c1. The van der Waals surface area contributed by atoms with Crippen molar-refractivity contribution < 1.29 is 10.0 Å². The van der Waals surface area contributed by atoms with Crippen LogP contribution in [0.15, 0.2) is 49.7 Å². The lowest BCUT2D eigenvalue weighted by atomic mass is 10.1. The van der Waals surface area contributed by atoms with E-state index in [4.69, 9.17) is 0 Å². The molecule has 0 aliphatic carbocycles. The first-order chi connectivity index (χ1) is 16.0. The third-order valence-electron chi connectivity index (χ3n) is 5.61. The van der Waals surface area contributed by atoms with E-state index in [0.29, 0.717) is 22.3 Å². The lowest BCUT2D eigenvalue weighted by Crippen LogP contribution is -2.31. The van der Waals surface area contributed by atoms with Crippen molar-refractivity contribution in [2.45, 2.75) is 13.8 Å². The van der Waals surface area contributed by atoms with Gasteiger partial charge in [-0.1, -0.05) is 17.7 Å². The smallest absolute Gasteiger partial charge is 0.335 e. The number of imidazole rings is 1. The Morgan fingerprint density at radius 1 is 1.06 bits per heavy atom. The predicted octanol–water partition coefficient (Wildman–Crippen LogP) is 1.70. The van der Waals surface area contributed by atoms with Gasteiger partial charge in [-0.25, -0.2) is 19.1 Å². The van der Waals surface area contributed by atoms with E-state index < -0.39 is 27.7 Å². The summed E-state index contributed by atoms with van der Waals surface area (Å²) in [6.07, 6.45) is 0.947. The van der Waals surface area contributed by atoms with Crippen molar-refractivity contribution in [2.75, 3.05) is 0 Å². The van der Waals surface area contributed by atoms with E-state index in [9.17, 15) is 29.6 Å². The van der Waals surface area contributed by atoms with Crippen LogP contribution in [-0.4, -0.2) is 34.9 Å². The van der Waals surface area contributed by atoms with Crippen molar-refractivity contribution in [1.29, 1.82) is 0 Å². The van der Waals surface area contributed by atoms with Crippen LogP contribution in [0.4, 0.5) is 11.4 Å². The highest BCUT2D eigenvalue weighted by molar-refractivity contribution is 5.89. The quantitative estimate of drug-likeness (QED) is 0.266. The summed E-state index contributed by atoms with van der Waals surface area (Å²) in [7, 11) is 3.01. The number of nitro groups is 1. The maximum atomic E-state index is 12.5. The zero-order valence-corrected chi connectivity index (χ0v) is 18.7. The van der Waals surface area contributed by atoms with Gasteiger partial charge >= 0.3 is 11.4 Å². The number of aromatic nitrogens is 4. The Morgan fingerprint density at radius 3 is 2.32 bits per heavy atom. The van der Waals surface area contributed by atoms with Crippen LogP contribution in [-0.2, 0) is 14.1 Å². The fourth-order valence-electron chi connectivity index (χ4n) is 3.84. The largest absolute Gasteiger partial charge is 0.493 e. The molecule has 0 fully saturated rings. The van der Waals surface area contributed by atoms with Crippen LogP contribution < -0.4 is 16.9 Å². The molecular weight excluding hydrogens is 444 g/mol. The molecule has 0 saturated carbocycles. The van der Waals surface area contributed by atoms with E-state index in [1.54, 1.807) is 19.1 Å². The van der Waals surface area contributed by atoms with Gasteiger partial charge in [0.05, 0.1) is 21.6 Å². The predicted molar refractivity (Wildman–Crippen MR) is 126 cm³/mol. The molecule has 2 aromatic carbocycles. The summed E-state index contributed by atoms with van der Waals surface area (Å²) in [5.41, 5.74) is -0.337. The van der Waals surface area contributed by atoms with E-state index in [1.165, 1.54) is 35.4 Å². The van der Waals surface area contributed by atoms with Crippen molar-refractivity contribution in [2.24, 2.45) is 19.1 Å². The average Bonchev–Trinajstić information content (AvgIpc) is 2.97. The third-order valence-corrected chi connectivity index (χ3v) is 5.61. The molecule has 12 nitrogen and oxygen atoms in total. The van der Waals surface area contributed by atoms with E-state index in [2.05, 4.69) is 9.98 Å². The molecule has 0 bridgehead atoms. The molecule has 0 aliphatic heterocycles. The van der Waals surface area contributed by atoms with Gasteiger partial charge in [0.1, 0.15) is 11.3 Å². The summed E-state index contributed by atoms with van der Waals surface area (Å²) in [4.78, 5) is 54.3. The summed E-state index contributed by atoms with van der Waals surface area (Å²) in [6.45, 7) is 3.62. The van der Waals surface area contributed by atoms with Gasteiger partial charge in [-0.2, -0.15) is 0 Å². The molecular formula is C22H20N6O6. The Hall–Kier alpha value is -4.74. The molecule has 0 aliphatic rings. The minimum atomic E-state index is -0.914. The number of aliphatic imine (C=N–C) groups is 1. The second-order valence-corrected chi connectivity index (χ2v) is 7.87. The van der Waals surface area contributed by atoms with Gasteiger partial charge < -0.3 is 5.11 Å². The Kier molecular flexibility index (Phi) is 5.28. The zero-order valence-electron chi connectivity index (χ0n) is 18.7. The van der Waals surface area contributed by atoms with E-state index in [1.807, 2.05) is 13.0 Å². The highest BCUT2D eigenvalue weighted by Gasteiger charge is 2.20. The Morgan fingerprint density at radius 2 is 1.71 bits per heavy atom. The zero-order chi connectivity index (χ0) is 24.9. The monoisotopic (exact) mass is 464 g/mol. The number of hydrogen-bond donors (Lipinski definition) is 2. The summed E-state index contributed by atoms with van der Waals surface area (Å²) in [5.74, 6) is -0.666. The van der Waals surface area contributed by atoms with Crippen LogP contribution in [0.5, 0.6) is 5.88 Å². The van der Waals surface area contributed by atoms with Crippen LogP contribution in [0.2, 0.25) is 0 Å².